The molecule has 0 saturated heterocycles. The van der Waals surface area contributed by atoms with Gasteiger partial charge in [-0.05, 0) is 30.2 Å². The second-order valence-electron chi connectivity index (χ2n) is 4.90. The first-order chi connectivity index (χ1) is 10.7. The van der Waals surface area contributed by atoms with E-state index in [-0.39, 0.29) is 5.91 Å². The summed E-state index contributed by atoms with van der Waals surface area (Å²) in [5.74, 6) is 0.565. The summed E-state index contributed by atoms with van der Waals surface area (Å²) < 4.78 is 6.56. The van der Waals surface area contributed by atoms with Crippen LogP contribution in [0, 0.1) is 0 Å². The van der Waals surface area contributed by atoms with Crippen molar-refractivity contribution >= 4 is 21.8 Å². The highest BCUT2D eigenvalue weighted by Crippen LogP contribution is 2.15. The zero-order valence-electron chi connectivity index (χ0n) is 12.5. The van der Waals surface area contributed by atoms with Crippen LogP contribution in [0.15, 0.2) is 47.1 Å². The number of rotatable bonds is 7. The van der Waals surface area contributed by atoms with E-state index in [2.05, 4.69) is 26.2 Å². The van der Waals surface area contributed by atoms with Gasteiger partial charge in [-0.3, -0.25) is 4.79 Å². The number of ether oxygens (including phenoxy) is 1. The number of carbonyl (C=O) groups is 1. The molecule has 0 aliphatic heterocycles. The summed E-state index contributed by atoms with van der Waals surface area (Å²) in [4.78, 5) is 16.2. The number of benzene rings is 1. The average molecular weight is 363 g/mol. The molecule has 2 aromatic rings. The van der Waals surface area contributed by atoms with Crippen molar-refractivity contribution in [1.82, 2.24) is 10.3 Å². The van der Waals surface area contributed by atoms with Gasteiger partial charge in [0.2, 0.25) is 11.8 Å². The Labute approximate surface area is 139 Å². The van der Waals surface area contributed by atoms with Crippen LogP contribution in [0.2, 0.25) is 0 Å². The van der Waals surface area contributed by atoms with E-state index in [0.29, 0.717) is 25.5 Å². The van der Waals surface area contributed by atoms with E-state index in [1.807, 2.05) is 43.3 Å². The molecule has 1 heterocycles. The van der Waals surface area contributed by atoms with Gasteiger partial charge in [0, 0.05) is 22.8 Å². The summed E-state index contributed by atoms with van der Waals surface area (Å²) in [7, 11) is 0. The number of amides is 1. The Morgan fingerprint density at radius 3 is 2.95 bits per heavy atom. The summed E-state index contributed by atoms with van der Waals surface area (Å²) in [5, 5.41) is 2.91. The third-order valence-electron chi connectivity index (χ3n) is 3.02. The molecule has 22 heavy (non-hydrogen) atoms. The number of halogens is 1. The van der Waals surface area contributed by atoms with Crippen LogP contribution in [0.25, 0.3) is 0 Å². The summed E-state index contributed by atoms with van der Waals surface area (Å²) >= 11 is 3.40. The van der Waals surface area contributed by atoms with Crippen LogP contribution in [0.1, 0.15) is 24.5 Å². The van der Waals surface area contributed by atoms with Crippen molar-refractivity contribution < 1.29 is 9.53 Å². The van der Waals surface area contributed by atoms with Crippen LogP contribution in [-0.2, 0) is 17.8 Å². The Balaban J connectivity index is 1.91. The normalized spacial score (nSPS) is 10.3. The Morgan fingerprint density at radius 2 is 2.18 bits per heavy atom. The number of nitrogens with zero attached hydrogens (tertiary/aromatic N) is 1. The lowest BCUT2D eigenvalue weighted by Gasteiger charge is -2.10. The van der Waals surface area contributed by atoms with Gasteiger partial charge in [-0.25, -0.2) is 4.98 Å². The smallest absolute Gasteiger partial charge is 0.224 e. The van der Waals surface area contributed by atoms with E-state index < -0.39 is 0 Å². The van der Waals surface area contributed by atoms with E-state index in [0.717, 1.165) is 22.0 Å². The topological polar surface area (TPSA) is 51.2 Å². The summed E-state index contributed by atoms with van der Waals surface area (Å²) in [6.07, 6.45) is 2.97. The number of nitrogens with one attached hydrogen (secondary N) is 1. The Hall–Kier alpha value is -1.88. The number of carbonyl (C=O) groups excluding carboxylic acids is 1. The molecule has 1 aromatic carbocycles. The van der Waals surface area contributed by atoms with E-state index in [4.69, 9.17) is 4.74 Å². The van der Waals surface area contributed by atoms with Crippen molar-refractivity contribution in [3.05, 3.63) is 58.2 Å². The lowest BCUT2D eigenvalue weighted by Crippen LogP contribution is -2.25. The summed E-state index contributed by atoms with van der Waals surface area (Å²) in [6.45, 7) is 3.08. The van der Waals surface area contributed by atoms with Gasteiger partial charge >= 0.3 is 0 Å². The monoisotopic (exact) mass is 362 g/mol. The molecule has 1 amide bonds. The van der Waals surface area contributed by atoms with Crippen LogP contribution in [0.4, 0.5) is 0 Å². The molecular formula is C17H19BrN2O2. The molecule has 0 fully saturated rings. The second-order valence-corrected chi connectivity index (χ2v) is 5.82. The molecule has 0 bridgehead atoms. The average Bonchev–Trinajstić information content (AvgIpc) is 2.51. The Bertz CT molecular complexity index is 632. The number of pyridine rings is 1. The lowest BCUT2D eigenvalue weighted by atomic mass is 10.1. The molecule has 0 radical (unpaired) electrons. The fourth-order valence-corrected chi connectivity index (χ4v) is 2.42. The molecule has 5 heteroatoms. The lowest BCUT2D eigenvalue weighted by molar-refractivity contribution is -0.120. The zero-order valence-corrected chi connectivity index (χ0v) is 14.1. The van der Waals surface area contributed by atoms with Crippen LogP contribution in [-0.4, -0.2) is 17.5 Å². The van der Waals surface area contributed by atoms with E-state index in [1.54, 1.807) is 6.20 Å². The number of aromatic nitrogens is 1. The predicted octanol–water partition coefficient (Wildman–Crippen LogP) is 3.49. The van der Waals surface area contributed by atoms with E-state index in [9.17, 15) is 4.79 Å². The van der Waals surface area contributed by atoms with Crippen LogP contribution in [0.3, 0.4) is 0 Å². The molecule has 0 unspecified atom stereocenters. The zero-order chi connectivity index (χ0) is 15.8. The van der Waals surface area contributed by atoms with Crippen LogP contribution in [0.5, 0.6) is 5.88 Å². The highest BCUT2D eigenvalue weighted by Gasteiger charge is 2.08. The molecule has 0 spiro atoms. The maximum Gasteiger partial charge on any atom is 0.224 e. The van der Waals surface area contributed by atoms with Crippen molar-refractivity contribution in [3.8, 4) is 5.88 Å². The Kier molecular flexibility index (Phi) is 6.40. The molecular weight excluding hydrogens is 344 g/mol. The minimum Gasteiger partial charge on any atom is -0.477 e. The highest BCUT2D eigenvalue weighted by atomic mass is 79.9. The molecule has 0 saturated carbocycles. The third-order valence-corrected chi connectivity index (χ3v) is 3.52. The highest BCUT2D eigenvalue weighted by molar-refractivity contribution is 9.10. The first kappa shape index (κ1) is 16.5. The molecule has 1 N–H and O–H groups in total. The second kappa shape index (κ2) is 8.54. The molecule has 1 aromatic heterocycles. The van der Waals surface area contributed by atoms with Gasteiger partial charge in [0.15, 0.2) is 0 Å². The summed E-state index contributed by atoms with van der Waals surface area (Å²) in [6, 6.07) is 11.5. The van der Waals surface area contributed by atoms with Crippen LogP contribution < -0.4 is 10.1 Å². The first-order valence-corrected chi connectivity index (χ1v) is 8.06. The van der Waals surface area contributed by atoms with Gasteiger partial charge in [0.25, 0.3) is 0 Å². The first-order valence-electron chi connectivity index (χ1n) is 7.27. The van der Waals surface area contributed by atoms with Gasteiger partial charge in [-0.15, -0.1) is 0 Å². The predicted molar refractivity (Wildman–Crippen MR) is 89.7 cm³/mol. The standard InChI is InChI=1S/C17H19BrN2O2/c1-2-9-22-17-14(6-4-8-19-17)12-20-16(21)11-13-5-3-7-15(18)10-13/h3-8,10H,2,9,11-12H2,1H3,(H,20,21). The van der Waals surface area contributed by atoms with Crippen LogP contribution >= 0.6 is 15.9 Å². The maximum absolute atomic E-state index is 12.0. The molecule has 2 rings (SSSR count). The minimum atomic E-state index is -0.0246. The molecule has 0 atom stereocenters. The fraction of sp³-hybridized carbons (Fsp3) is 0.294. The van der Waals surface area contributed by atoms with E-state index in [1.165, 1.54) is 0 Å². The van der Waals surface area contributed by atoms with Gasteiger partial charge in [-0.2, -0.15) is 0 Å². The maximum atomic E-state index is 12.0. The Morgan fingerprint density at radius 1 is 1.32 bits per heavy atom. The molecule has 0 aliphatic carbocycles. The number of hydrogen-bond acceptors (Lipinski definition) is 3. The van der Waals surface area contributed by atoms with Crippen molar-refractivity contribution in [2.75, 3.05) is 6.61 Å². The molecule has 0 aliphatic rings. The minimum absolute atomic E-state index is 0.0246. The van der Waals surface area contributed by atoms with Crippen molar-refractivity contribution in [2.24, 2.45) is 0 Å². The van der Waals surface area contributed by atoms with Crippen molar-refractivity contribution in [3.63, 3.8) is 0 Å². The van der Waals surface area contributed by atoms with Gasteiger partial charge in [0.05, 0.1) is 13.0 Å². The SMILES string of the molecule is CCCOc1ncccc1CNC(=O)Cc1cccc(Br)c1. The largest absolute Gasteiger partial charge is 0.477 e. The van der Waals surface area contributed by atoms with Gasteiger partial charge in [-0.1, -0.05) is 41.1 Å². The van der Waals surface area contributed by atoms with Crippen molar-refractivity contribution in [2.45, 2.75) is 26.3 Å². The molecule has 4 nitrogen and oxygen atoms in total. The molecule has 116 valence electrons. The fourth-order valence-electron chi connectivity index (χ4n) is 1.98. The summed E-state index contributed by atoms with van der Waals surface area (Å²) in [5.41, 5.74) is 1.86. The van der Waals surface area contributed by atoms with Gasteiger partial charge in [0.1, 0.15) is 0 Å². The van der Waals surface area contributed by atoms with Gasteiger partial charge < -0.3 is 10.1 Å². The van der Waals surface area contributed by atoms with E-state index >= 15 is 0 Å². The third kappa shape index (κ3) is 5.15. The van der Waals surface area contributed by atoms with Crippen molar-refractivity contribution in [1.29, 1.82) is 0 Å². The quantitative estimate of drug-likeness (QED) is 0.819. The number of hydrogen-bond donors (Lipinski definition) is 1.